The number of para-hydroxylation sites is 2. The SMILES string of the molecule is CCCCCc1ccc(Nc2ncc(C(F)(F)F)c(Nc3ccccc3OC(C)CC)n2)cc1. The molecule has 3 rings (SSSR count). The van der Waals surface area contributed by atoms with Gasteiger partial charge in [-0.2, -0.15) is 18.2 Å². The van der Waals surface area contributed by atoms with Crippen molar-refractivity contribution in [1.29, 1.82) is 0 Å². The van der Waals surface area contributed by atoms with Crippen molar-refractivity contribution in [2.75, 3.05) is 10.6 Å². The molecule has 0 aliphatic rings. The molecule has 0 fully saturated rings. The van der Waals surface area contributed by atoms with Gasteiger partial charge in [-0.15, -0.1) is 0 Å². The van der Waals surface area contributed by atoms with Crippen LogP contribution in [-0.4, -0.2) is 16.1 Å². The zero-order chi connectivity index (χ0) is 24.6. The Labute approximate surface area is 198 Å². The number of unbranched alkanes of at least 4 members (excludes halogenated alkanes) is 2. The fraction of sp³-hybridized carbons (Fsp3) is 0.385. The molecule has 5 nitrogen and oxygen atoms in total. The topological polar surface area (TPSA) is 59.1 Å². The van der Waals surface area contributed by atoms with Gasteiger partial charge in [0.2, 0.25) is 5.95 Å². The third-order valence-corrected chi connectivity index (χ3v) is 5.42. The zero-order valence-corrected chi connectivity index (χ0v) is 19.7. The molecule has 3 aromatic rings. The van der Waals surface area contributed by atoms with Crippen LogP contribution in [0.2, 0.25) is 0 Å². The lowest BCUT2D eigenvalue weighted by atomic mass is 10.1. The minimum Gasteiger partial charge on any atom is -0.489 e. The van der Waals surface area contributed by atoms with E-state index in [1.165, 1.54) is 12.0 Å². The number of ether oxygens (including phenoxy) is 1. The van der Waals surface area contributed by atoms with Crippen molar-refractivity contribution in [1.82, 2.24) is 9.97 Å². The van der Waals surface area contributed by atoms with E-state index in [4.69, 9.17) is 4.74 Å². The lowest BCUT2D eigenvalue weighted by Gasteiger charge is -2.19. The number of aryl methyl sites for hydroxylation is 1. The fourth-order valence-electron chi connectivity index (χ4n) is 3.31. The number of halogens is 3. The number of alkyl halides is 3. The number of hydrogen-bond donors (Lipinski definition) is 2. The highest BCUT2D eigenvalue weighted by Crippen LogP contribution is 2.37. The molecule has 0 amide bonds. The van der Waals surface area contributed by atoms with Crippen LogP contribution in [0.3, 0.4) is 0 Å². The maximum atomic E-state index is 13.7. The van der Waals surface area contributed by atoms with Crippen molar-refractivity contribution in [3.8, 4) is 5.75 Å². The van der Waals surface area contributed by atoms with Crippen molar-refractivity contribution in [3.63, 3.8) is 0 Å². The lowest BCUT2D eigenvalue weighted by molar-refractivity contribution is -0.137. The maximum Gasteiger partial charge on any atom is 0.421 e. The van der Waals surface area contributed by atoms with Crippen molar-refractivity contribution in [3.05, 3.63) is 65.9 Å². The summed E-state index contributed by atoms with van der Waals surface area (Å²) in [5.74, 6) is 0.174. The predicted molar refractivity (Wildman–Crippen MR) is 130 cm³/mol. The molecule has 0 aliphatic heterocycles. The van der Waals surface area contributed by atoms with Crippen molar-refractivity contribution < 1.29 is 17.9 Å². The van der Waals surface area contributed by atoms with Crippen LogP contribution in [0.1, 0.15) is 57.6 Å². The Hall–Kier alpha value is -3.29. The van der Waals surface area contributed by atoms with E-state index in [1.807, 2.05) is 38.1 Å². The number of benzene rings is 2. The van der Waals surface area contributed by atoms with Gasteiger partial charge in [-0.1, -0.05) is 51.0 Å². The molecule has 0 saturated carbocycles. The Morgan fingerprint density at radius 2 is 1.71 bits per heavy atom. The molecule has 0 spiro atoms. The third kappa shape index (κ3) is 7.10. The van der Waals surface area contributed by atoms with Crippen molar-refractivity contribution >= 4 is 23.1 Å². The Kier molecular flexibility index (Phi) is 8.73. The fourth-order valence-corrected chi connectivity index (χ4v) is 3.31. The molecule has 1 aromatic heterocycles. The second kappa shape index (κ2) is 11.7. The number of nitrogens with one attached hydrogen (secondary N) is 2. The van der Waals surface area contributed by atoms with E-state index >= 15 is 0 Å². The highest BCUT2D eigenvalue weighted by Gasteiger charge is 2.35. The molecule has 0 saturated heterocycles. The molecule has 2 N–H and O–H groups in total. The minimum atomic E-state index is -4.62. The number of rotatable bonds is 11. The van der Waals surface area contributed by atoms with Gasteiger partial charge in [-0.05, 0) is 56.0 Å². The summed E-state index contributed by atoms with van der Waals surface area (Å²) in [7, 11) is 0. The summed E-state index contributed by atoms with van der Waals surface area (Å²) < 4.78 is 46.9. The van der Waals surface area contributed by atoms with Crippen LogP contribution in [0.25, 0.3) is 0 Å². The van der Waals surface area contributed by atoms with Gasteiger partial charge in [0.1, 0.15) is 17.1 Å². The van der Waals surface area contributed by atoms with Crippen molar-refractivity contribution in [2.45, 2.75) is 65.2 Å². The van der Waals surface area contributed by atoms with Crippen LogP contribution in [0, 0.1) is 0 Å². The smallest absolute Gasteiger partial charge is 0.421 e. The number of aromatic nitrogens is 2. The monoisotopic (exact) mass is 472 g/mol. The van der Waals surface area contributed by atoms with Gasteiger partial charge in [0.05, 0.1) is 11.8 Å². The summed E-state index contributed by atoms with van der Waals surface area (Å²) in [6, 6.07) is 14.6. The molecule has 34 heavy (non-hydrogen) atoms. The molecular weight excluding hydrogens is 441 g/mol. The van der Waals surface area contributed by atoms with Gasteiger partial charge in [0.15, 0.2) is 0 Å². The maximum absolute atomic E-state index is 13.7. The van der Waals surface area contributed by atoms with Gasteiger partial charge in [-0.3, -0.25) is 0 Å². The zero-order valence-electron chi connectivity index (χ0n) is 19.7. The van der Waals surface area contributed by atoms with Crippen LogP contribution < -0.4 is 15.4 Å². The van der Waals surface area contributed by atoms with Crippen LogP contribution in [0.15, 0.2) is 54.7 Å². The normalized spacial score (nSPS) is 12.3. The standard InChI is InChI=1S/C26H31F3N4O/c1-4-6-7-10-19-13-15-20(16-14-19)31-25-30-17-21(26(27,28)29)24(33-25)32-22-11-8-9-12-23(22)34-18(3)5-2/h8-9,11-18H,4-7,10H2,1-3H3,(H2,30,31,32,33). The van der Waals surface area contributed by atoms with E-state index in [0.717, 1.165) is 31.9 Å². The van der Waals surface area contributed by atoms with E-state index < -0.39 is 11.7 Å². The molecule has 182 valence electrons. The first-order valence-corrected chi connectivity index (χ1v) is 11.6. The van der Waals surface area contributed by atoms with Gasteiger partial charge in [-0.25, -0.2) is 4.98 Å². The van der Waals surface area contributed by atoms with Crippen LogP contribution in [0.5, 0.6) is 5.75 Å². The number of hydrogen-bond acceptors (Lipinski definition) is 5. The number of anilines is 4. The van der Waals surface area contributed by atoms with E-state index in [2.05, 4.69) is 27.5 Å². The van der Waals surface area contributed by atoms with E-state index in [1.54, 1.807) is 24.3 Å². The van der Waals surface area contributed by atoms with E-state index in [9.17, 15) is 13.2 Å². The quantitative estimate of drug-likeness (QED) is 0.278. The average molecular weight is 473 g/mol. The predicted octanol–water partition coefficient (Wildman–Crippen LogP) is 7.89. The molecule has 1 heterocycles. The first-order chi connectivity index (χ1) is 16.3. The van der Waals surface area contributed by atoms with Crippen LogP contribution >= 0.6 is 0 Å². The molecule has 1 atom stereocenters. The first kappa shape index (κ1) is 25.3. The third-order valence-electron chi connectivity index (χ3n) is 5.42. The Morgan fingerprint density at radius 3 is 2.38 bits per heavy atom. The largest absolute Gasteiger partial charge is 0.489 e. The van der Waals surface area contributed by atoms with Gasteiger partial charge in [0.25, 0.3) is 0 Å². The molecule has 0 radical (unpaired) electrons. The van der Waals surface area contributed by atoms with Gasteiger partial charge in [0, 0.05) is 11.9 Å². The van der Waals surface area contributed by atoms with Crippen molar-refractivity contribution in [2.24, 2.45) is 0 Å². The summed E-state index contributed by atoms with van der Waals surface area (Å²) in [6.07, 6.45) is 1.32. The molecule has 0 bridgehead atoms. The molecule has 0 aliphatic carbocycles. The van der Waals surface area contributed by atoms with Crippen LogP contribution in [-0.2, 0) is 12.6 Å². The first-order valence-electron chi connectivity index (χ1n) is 11.6. The summed E-state index contributed by atoms with van der Waals surface area (Å²) in [4.78, 5) is 8.04. The average Bonchev–Trinajstić information content (AvgIpc) is 2.81. The highest BCUT2D eigenvalue weighted by molar-refractivity contribution is 5.67. The lowest BCUT2D eigenvalue weighted by Crippen LogP contribution is -2.14. The van der Waals surface area contributed by atoms with Crippen LogP contribution in [0.4, 0.5) is 36.3 Å². The summed E-state index contributed by atoms with van der Waals surface area (Å²) in [6.45, 7) is 6.04. The minimum absolute atomic E-state index is 0.0644. The van der Waals surface area contributed by atoms with E-state index in [-0.39, 0.29) is 17.9 Å². The second-order valence-electron chi connectivity index (χ2n) is 8.19. The van der Waals surface area contributed by atoms with Gasteiger partial charge >= 0.3 is 6.18 Å². The Morgan fingerprint density at radius 1 is 0.971 bits per heavy atom. The van der Waals surface area contributed by atoms with Gasteiger partial charge < -0.3 is 15.4 Å². The summed E-state index contributed by atoms with van der Waals surface area (Å²) in [5, 5.41) is 5.80. The number of nitrogens with zero attached hydrogens (tertiary/aromatic N) is 2. The molecule has 8 heteroatoms. The molecule has 2 aromatic carbocycles. The Balaban J connectivity index is 1.84. The molecule has 1 unspecified atom stereocenters. The highest BCUT2D eigenvalue weighted by atomic mass is 19.4. The molecular formula is C26H31F3N4O. The summed E-state index contributed by atoms with van der Waals surface area (Å²) in [5.41, 5.74) is 1.36. The summed E-state index contributed by atoms with van der Waals surface area (Å²) >= 11 is 0. The second-order valence-corrected chi connectivity index (χ2v) is 8.19. The van der Waals surface area contributed by atoms with E-state index in [0.29, 0.717) is 17.1 Å². The Bertz CT molecular complexity index is 1050.